The van der Waals surface area contributed by atoms with Gasteiger partial charge < -0.3 is 10.1 Å². The highest BCUT2D eigenvalue weighted by atomic mass is 32.1. The van der Waals surface area contributed by atoms with Gasteiger partial charge in [-0.2, -0.15) is 11.3 Å². The maximum Gasteiger partial charge on any atom is 0.307 e. The lowest BCUT2D eigenvalue weighted by Crippen LogP contribution is -2.34. The molecule has 1 N–H and O–H groups in total. The lowest BCUT2D eigenvalue weighted by atomic mass is 10.2. The first kappa shape index (κ1) is 11.7. The Balaban J connectivity index is 2.42. The van der Waals surface area contributed by atoms with Gasteiger partial charge in [-0.1, -0.05) is 0 Å². The van der Waals surface area contributed by atoms with Crippen LogP contribution in [0.2, 0.25) is 0 Å². The molecule has 82 valence electrons. The highest BCUT2D eigenvalue weighted by molar-refractivity contribution is 7.08. The molecule has 0 aliphatic heterocycles. The molecule has 1 aromatic rings. The highest BCUT2D eigenvalue weighted by Gasteiger charge is 2.13. The Morgan fingerprint density at radius 2 is 2.33 bits per heavy atom. The number of amides is 1. The molecule has 0 aliphatic carbocycles. The van der Waals surface area contributed by atoms with E-state index in [-0.39, 0.29) is 24.3 Å². The zero-order valence-corrected chi connectivity index (χ0v) is 9.47. The van der Waals surface area contributed by atoms with Crippen molar-refractivity contribution in [2.75, 3.05) is 7.11 Å². The predicted molar refractivity (Wildman–Crippen MR) is 57.9 cm³/mol. The molecule has 0 aromatic carbocycles. The molecule has 0 bridgehead atoms. The van der Waals surface area contributed by atoms with Crippen LogP contribution in [0.3, 0.4) is 0 Å². The molecule has 0 fully saturated rings. The van der Waals surface area contributed by atoms with Crippen LogP contribution in [0.15, 0.2) is 16.8 Å². The molecule has 0 radical (unpaired) electrons. The van der Waals surface area contributed by atoms with E-state index in [0.29, 0.717) is 5.56 Å². The maximum atomic E-state index is 11.5. The number of nitrogens with one attached hydrogen (secondary N) is 1. The van der Waals surface area contributed by atoms with Crippen molar-refractivity contribution < 1.29 is 14.3 Å². The molecule has 1 rings (SSSR count). The number of hydrogen-bond donors (Lipinski definition) is 1. The summed E-state index contributed by atoms with van der Waals surface area (Å²) in [6.07, 6.45) is 0.187. The van der Waals surface area contributed by atoms with Gasteiger partial charge in [0.05, 0.1) is 13.5 Å². The Morgan fingerprint density at radius 3 is 2.87 bits per heavy atom. The summed E-state index contributed by atoms with van der Waals surface area (Å²) in [7, 11) is 1.33. The van der Waals surface area contributed by atoms with Crippen LogP contribution < -0.4 is 5.32 Å². The van der Waals surface area contributed by atoms with Gasteiger partial charge in [0.2, 0.25) is 0 Å². The Bertz CT molecular complexity index is 334. The van der Waals surface area contributed by atoms with E-state index in [4.69, 9.17) is 0 Å². The first-order chi connectivity index (χ1) is 7.13. The van der Waals surface area contributed by atoms with Crippen LogP contribution in [-0.2, 0) is 9.53 Å². The van der Waals surface area contributed by atoms with Crippen LogP contribution in [0.25, 0.3) is 0 Å². The summed E-state index contributed by atoms with van der Waals surface area (Å²) in [6, 6.07) is 1.52. The summed E-state index contributed by atoms with van der Waals surface area (Å²) in [4.78, 5) is 22.4. The van der Waals surface area contributed by atoms with E-state index in [9.17, 15) is 9.59 Å². The Kier molecular flexibility index (Phi) is 4.30. The fourth-order valence-electron chi connectivity index (χ4n) is 1.09. The third-order valence-corrected chi connectivity index (χ3v) is 2.54. The number of esters is 1. The average molecular weight is 227 g/mol. The minimum absolute atomic E-state index is 0.160. The lowest BCUT2D eigenvalue weighted by molar-refractivity contribution is -0.141. The molecule has 0 saturated heterocycles. The van der Waals surface area contributed by atoms with Crippen molar-refractivity contribution in [1.82, 2.24) is 5.32 Å². The van der Waals surface area contributed by atoms with Gasteiger partial charge in [0.15, 0.2) is 0 Å². The van der Waals surface area contributed by atoms with Crippen molar-refractivity contribution in [3.63, 3.8) is 0 Å². The molecule has 1 aromatic heterocycles. The molecule has 4 nitrogen and oxygen atoms in total. The Labute approximate surface area is 92.2 Å². The smallest absolute Gasteiger partial charge is 0.307 e. The number of carbonyl (C=O) groups excluding carboxylic acids is 2. The zero-order valence-electron chi connectivity index (χ0n) is 8.65. The van der Waals surface area contributed by atoms with Gasteiger partial charge >= 0.3 is 5.97 Å². The van der Waals surface area contributed by atoms with Gasteiger partial charge in [-0.15, -0.1) is 0 Å². The normalized spacial score (nSPS) is 11.9. The van der Waals surface area contributed by atoms with Gasteiger partial charge in [0.25, 0.3) is 5.91 Å². The van der Waals surface area contributed by atoms with E-state index in [1.165, 1.54) is 18.4 Å². The summed E-state index contributed by atoms with van der Waals surface area (Å²) in [5.74, 6) is -0.485. The van der Waals surface area contributed by atoms with Crippen molar-refractivity contribution in [2.24, 2.45) is 0 Å². The molecule has 1 atom stereocenters. The third-order valence-electron chi connectivity index (χ3n) is 1.86. The maximum absolute atomic E-state index is 11.5. The molecule has 0 spiro atoms. The summed E-state index contributed by atoms with van der Waals surface area (Å²) < 4.78 is 4.50. The Morgan fingerprint density at radius 1 is 1.60 bits per heavy atom. The predicted octanol–water partition coefficient (Wildman–Crippen LogP) is 1.43. The van der Waals surface area contributed by atoms with Crippen LogP contribution in [0, 0.1) is 0 Å². The van der Waals surface area contributed by atoms with Crippen LogP contribution >= 0.6 is 11.3 Å². The first-order valence-corrected chi connectivity index (χ1v) is 5.47. The van der Waals surface area contributed by atoms with Crippen LogP contribution in [0.4, 0.5) is 0 Å². The van der Waals surface area contributed by atoms with Gasteiger partial charge in [0, 0.05) is 17.0 Å². The zero-order chi connectivity index (χ0) is 11.3. The first-order valence-electron chi connectivity index (χ1n) is 4.53. The van der Waals surface area contributed by atoms with Crippen molar-refractivity contribution in [3.05, 3.63) is 22.4 Å². The molecule has 5 heteroatoms. The fraction of sp³-hybridized carbons (Fsp3) is 0.400. The lowest BCUT2D eigenvalue weighted by Gasteiger charge is -2.11. The van der Waals surface area contributed by atoms with E-state index in [1.54, 1.807) is 18.4 Å². The van der Waals surface area contributed by atoms with Gasteiger partial charge in [0.1, 0.15) is 0 Å². The molecule has 0 saturated carbocycles. The van der Waals surface area contributed by atoms with Crippen LogP contribution in [-0.4, -0.2) is 25.0 Å². The monoisotopic (exact) mass is 227 g/mol. The van der Waals surface area contributed by atoms with Crippen LogP contribution in [0.1, 0.15) is 23.7 Å². The molecule has 0 aliphatic rings. The second-order valence-corrected chi connectivity index (χ2v) is 3.95. The number of rotatable bonds is 4. The van der Waals surface area contributed by atoms with E-state index in [1.807, 2.05) is 5.38 Å². The number of carbonyl (C=O) groups is 2. The standard InChI is InChI=1S/C10H13NO3S/c1-7(5-9(12)14-2)11-10(13)8-3-4-15-6-8/h3-4,6-7H,5H2,1-2H3,(H,11,13). The quantitative estimate of drug-likeness (QED) is 0.792. The molecule has 1 amide bonds. The topological polar surface area (TPSA) is 55.4 Å². The largest absolute Gasteiger partial charge is 0.469 e. The molecule has 1 unspecified atom stereocenters. The number of hydrogen-bond acceptors (Lipinski definition) is 4. The average Bonchev–Trinajstić information content (AvgIpc) is 2.70. The Hall–Kier alpha value is -1.36. The third kappa shape index (κ3) is 3.71. The summed E-state index contributed by atoms with van der Waals surface area (Å²) >= 11 is 1.46. The number of thiophene rings is 1. The van der Waals surface area contributed by atoms with Crippen molar-refractivity contribution >= 4 is 23.2 Å². The molecular formula is C10H13NO3S. The molecule has 1 heterocycles. The minimum Gasteiger partial charge on any atom is -0.469 e. The summed E-state index contributed by atoms with van der Waals surface area (Å²) in [5, 5.41) is 6.31. The SMILES string of the molecule is COC(=O)CC(C)NC(=O)c1ccsc1. The van der Waals surface area contributed by atoms with E-state index < -0.39 is 0 Å². The molecule has 15 heavy (non-hydrogen) atoms. The van der Waals surface area contributed by atoms with Gasteiger partial charge in [-0.3, -0.25) is 9.59 Å². The van der Waals surface area contributed by atoms with E-state index >= 15 is 0 Å². The number of methoxy groups -OCH3 is 1. The summed E-state index contributed by atoms with van der Waals surface area (Å²) in [5.41, 5.74) is 0.622. The number of ether oxygens (including phenoxy) is 1. The second-order valence-electron chi connectivity index (χ2n) is 3.17. The minimum atomic E-state index is -0.326. The fourth-order valence-corrected chi connectivity index (χ4v) is 1.72. The van der Waals surface area contributed by atoms with Crippen molar-refractivity contribution in [3.8, 4) is 0 Å². The second kappa shape index (κ2) is 5.50. The van der Waals surface area contributed by atoms with E-state index in [2.05, 4.69) is 10.1 Å². The van der Waals surface area contributed by atoms with Crippen molar-refractivity contribution in [2.45, 2.75) is 19.4 Å². The summed E-state index contributed by atoms with van der Waals surface area (Å²) in [6.45, 7) is 1.77. The van der Waals surface area contributed by atoms with Gasteiger partial charge in [-0.25, -0.2) is 0 Å². The van der Waals surface area contributed by atoms with E-state index in [0.717, 1.165) is 0 Å². The molecular weight excluding hydrogens is 214 g/mol. The van der Waals surface area contributed by atoms with Crippen LogP contribution in [0.5, 0.6) is 0 Å². The highest BCUT2D eigenvalue weighted by Crippen LogP contribution is 2.06. The van der Waals surface area contributed by atoms with Gasteiger partial charge in [-0.05, 0) is 18.4 Å². The van der Waals surface area contributed by atoms with Crippen molar-refractivity contribution in [1.29, 1.82) is 0 Å².